The Hall–Kier alpha value is -2.61. The molecule has 1 aliphatic rings. The summed E-state index contributed by atoms with van der Waals surface area (Å²) in [6, 6.07) is 8.47. The monoisotopic (exact) mass is 417 g/mol. The van der Waals surface area contributed by atoms with Gasteiger partial charge in [0.1, 0.15) is 11.6 Å². The predicted octanol–water partition coefficient (Wildman–Crippen LogP) is 2.54. The lowest BCUT2D eigenvalue weighted by atomic mass is 10.1. The van der Waals surface area contributed by atoms with Crippen LogP contribution in [0.5, 0.6) is 5.75 Å². The molecule has 1 saturated heterocycles. The van der Waals surface area contributed by atoms with Gasteiger partial charge in [-0.15, -0.1) is 0 Å². The number of hydrogen-bond acceptors (Lipinski definition) is 6. The number of carbonyl (C=O) groups is 1. The van der Waals surface area contributed by atoms with Gasteiger partial charge in [-0.05, 0) is 50.6 Å². The Morgan fingerprint density at radius 2 is 1.79 bits per heavy atom. The van der Waals surface area contributed by atoms with Crippen molar-refractivity contribution in [1.82, 2.24) is 9.88 Å². The maximum atomic E-state index is 13.2. The summed E-state index contributed by atoms with van der Waals surface area (Å²) < 4.78 is 29.7. The quantitative estimate of drug-likeness (QED) is 0.744. The molecule has 0 radical (unpaired) electrons. The Bertz CT molecular complexity index is 979. The van der Waals surface area contributed by atoms with E-state index >= 15 is 0 Å². The molecule has 0 spiro atoms. The third-order valence-corrected chi connectivity index (χ3v) is 5.87. The zero-order valence-corrected chi connectivity index (χ0v) is 18.1. The lowest BCUT2D eigenvalue weighted by Gasteiger charge is -2.35. The Morgan fingerprint density at radius 1 is 1.10 bits per heavy atom. The molecule has 2 heterocycles. The van der Waals surface area contributed by atoms with Crippen molar-refractivity contribution in [2.24, 2.45) is 0 Å². The van der Waals surface area contributed by atoms with Crippen LogP contribution in [0.1, 0.15) is 29.8 Å². The summed E-state index contributed by atoms with van der Waals surface area (Å²) in [4.78, 5) is 21.6. The van der Waals surface area contributed by atoms with Gasteiger partial charge in [-0.2, -0.15) is 0 Å². The van der Waals surface area contributed by atoms with Crippen molar-refractivity contribution >= 4 is 21.6 Å². The van der Waals surface area contributed by atoms with Crippen molar-refractivity contribution in [3.63, 3.8) is 0 Å². The molecule has 1 aromatic heterocycles. The van der Waals surface area contributed by atoms with Gasteiger partial charge in [0.05, 0.1) is 16.6 Å². The Labute approximate surface area is 172 Å². The number of nitrogens with zero attached hydrogens (tertiary/aromatic N) is 3. The standard InChI is InChI=1S/C21H27N3O4S/c1-15(2)28-19-7-6-17(29(4,26)27)13-18(19)21(25)24-11-9-23(10-12-24)20-8-5-16(3)14-22-20/h5-8,13-15H,9-12H2,1-4H3. The average molecular weight is 418 g/mol. The average Bonchev–Trinajstić information content (AvgIpc) is 2.67. The Kier molecular flexibility index (Phi) is 6.12. The molecule has 0 N–H and O–H groups in total. The van der Waals surface area contributed by atoms with Crippen molar-refractivity contribution in [2.45, 2.75) is 31.8 Å². The van der Waals surface area contributed by atoms with E-state index in [4.69, 9.17) is 4.74 Å². The van der Waals surface area contributed by atoms with Gasteiger partial charge in [0.2, 0.25) is 0 Å². The summed E-state index contributed by atoms with van der Waals surface area (Å²) in [5.41, 5.74) is 1.38. The van der Waals surface area contributed by atoms with Crippen molar-refractivity contribution in [1.29, 1.82) is 0 Å². The molecule has 0 unspecified atom stereocenters. The summed E-state index contributed by atoms with van der Waals surface area (Å²) in [7, 11) is -3.43. The van der Waals surface area contributed by atoms with Gasteiger partial charge in [0.25, 0.3) is 5.91 Å². The fourth-order valence-corrected chi connectivity index (χ4v) is 3.87. The second kappa shape index (κ2) is 8.41. The minimum absolute atomic E-state index is 0.111. The number of pyridine rings is 1. The van der Waals surface area contributed by atoms with Crippen LogP contribution in [0, 0.1) is 6.92 Å². The molecule has 3 rings (SSSR count). The van der Waals surface area contributed by atoms with Crippen LogP contribution in [0.15, 0.2) is 41.4 Å². The first-order chi connectivity index (χ1) is 13.6. The highest BCUT2D eigenvalue weighted by molar-refractivity contribution is 7.90. The summed E-state index contributed by atoms with van der Waals surface area (Å²) >= 11 is 0. The van der Waals surface area contributed by atoms with E-state index in [-0.39, 0.29) is 22.5 Å². The summed E-state index contributed by atoms with van der Waals surface area (Å²) in [5, 5.41) is 0. The first-order valence-electron chi connectivity index (χ1n) is 9.63. The first-order valence-corrected chi connectivity index (χ1v) is 11.5. The number of hydrogen-bond donors (Lipinski definition) is 0. The fourth-order valence-electron chi connectivity index (χ4n) is 3.22. The number of amides is 1. The Balaban J connectivity index is 1.80. The molecule has 1 aromatic carbocycles. The van der Waals surface area contributed by atoms with E-state index in [2.05, 4.69) is 9.88 Å². The normalized spacial score (nSPS) is 14.9. The van der Waals surface area contributed by atoms with Crippen LogP contribution in [0.4, 0.5) is 5.82 Å². The minimum atomic E-state index is -3.43. The van der Waals surface area contributed by atoms with E-state index in [0.29, 0.717) is 31.9 Å². The molecule has 7 nitrogen and oxygen atoms in total. The van der Waals surface area contributed by atoms with Gasteiger partial charge in [-0.25, -0.2) is 13.4 Å². The van der Waals surface area contributed by atoms with E-state index in [9.17, 15) is 13.2 Å². The topological polar surface area (TPSA) is 79.8 Å². The van der Waals surface area contributed by atoms with Gasteiger partial charge < -0.3 is 14.5 Å². The number of piperazine rings is 1. The third-order valence-electron chi connectivity index (χ3n) is 4.76. The fraction of sp³-hybridized carbons (Fsp3) is 0.429. The van der Waals surface area contributed by atoms with Gasteiger partial charge in [-0.1, -0.05) is 6.07 Å². The molecule has 1 amide bonds. The number of aromatic nitrogens is 1. The largest absolute Gasteiger partial charge is 0.490 e. The lowest BCUT2D eigenvalue weighted by molar-refractivity contribution is 0.0740. The SMILES string of the molecule is Cc1ccc(N2CCN(C(=O)c3cc(S(C)(=O)=O)ccc3OC(C)C)CC2)nc1. The second-order valence-corrected chi connectivity index (χ2v) is 9.59. The highest BCUT2D eigenvalue weighted by Gasteiger charge is 2.26. The molecule has 1 fully saturated rings. The van der Waals surface area contributed by atoms with Crippen LogP contribution in [-0.4, -0.2) is 62.7 Å². The van der Waals surface area contributed by atoms with Gasteiger partial charge >= 0.3 is 0 Å². The van der Waals surface area contributed by atoms with Gasteiger partial charge in [0.15, 0.2) is 9.84 Å². The molecule has 29 heavy (non-hydrogen) atoms. The Morgan fingerprint density at radius 3 is 2.34 bits per heavy atom. The number of sulfone groups is 1. The maximum Gasteiger partial charge on any atom is 0.257 e. The van der Waals surface area contributed by atoms with Crippen LogP contribution in [0.3, 0.4) is 0 Å². The van der Waals surface area contributed by atoms with Crippen LogP contribution < -0.4 is 9.64 Å². The van der Waals surface area contributed by atoms with E-state index < -0.39 is 9.84 Å². The molecular formula is C21H27N3O4S. The minimum Gasteiger partial charge on any atom is -0.490 e. The van der Waals surface area contributed by atoms with Crippen LogP contribution >= 0.6 is 0 Å². The molecule has 0 atom stereocenters. The molecule has 8 heteroatoms. The summed E-state index contributed by atoms with van der Waals surface area (Å²) in [6.07, 6.45) is 2.83. The summed E-state index contributed by atoms with van der Waals surface area (Å²) in [6.45, 7) is 8.10. The zero-order valence-electron chi connectivity index (χ0n) is 17.3. The number of ether oxygens (including phenoxy) is 1. The zero-order chi connectivity index (χ0) is 21.2. The second-order valence-electron chi connectivity index (χ2n) is 7.57. The number of benzene rings is 1. The number of carbonyl (C=O) groups excluding carboxylic acids is 1. The van der Waals surface area contributed by atoms with Crippen molar-refractivity contribution in [3.8, 4) is 5.75 Å². The van der Waals surface area contributed by atoms with Crippen LogP contribution in [-0.2, 0) is 9.84 Å². The van der Waals surface area contributed by atoms with Crippen molar-refractivity contribution in [2.75, 3.05) is 37.3 Å². The van der Waals surface area contributed by atoms with Crippen LogP contribution in [0.2, 0.25) is 0 Å². The molecule has 156 valence electrons. The number of anilines is 1. The van der Waals surface area contributed by atoms with Gasteiger partial charge in [0, 0.05) is 38.6 Å². The smallest absolute Gasteiger partial charge is 0.257 e. The predicted molar refractivity (Wildman–Crippen MR) is 112 cm³/mol. The highest BCUT2D eigenvalue weighted by Crippen LogP contribution is 2.26. The van der Waals surface area contributed by atoms with E-state index in [0.717, 1.165) is 17.6 Å². The first kappa shape index (κ1) is 21.1. The number of aryl methyl sites for hydroxylation is 1. The summed E-state index contributed by atoms with van der Waals surface area (Å²) in [5.74, 6) is 1.08. The maximum absolute atomic E-state index is 13.2. The van der Waals surface area contributed by atoms with E-state index in [1.54, 1.807) is 11.0 Å². The number of rotatable bonds is 5. The lowest BCUT2D eigenvalue weighted by Crippen LogP contribution is -2.49. The molecule has 2 aromatic rings. The van der Waals surface area contributed by atoms with Crippen LogP contribution in [0.25, 0.3) is 0 Å². The van der Waals surface area contributed by atoms with E-state index in [1.165, 1.54) is 12.1 Å². The molecule has 0 bridgehead atoms. The molecule has 1 aliphatic heterocycles. The molecular weight excluding hydrogens is 390 g/mol. The van der Waals surface area contributed by atoms with Crippen molar-refractivity contribution < 1.29 is 17.9 Å². The van der Waals surface area contributed by atoms with E-state index in [1.807, 2.05) is 39.1 Å². The highest BCUT2D eigenvalue weighted by atomic mass is 32.2. The van der Waals surface area contributed by atoms with Crippen molar-refractivity contribution in [3.05, 3.63) is 47.7 Å². The third kappa shape index (κ3) is 5.06. The van der Waals surface area contributed by atoms with Gasteiger partial charge in [-0.3, -0.25) is 4.79 Å². The molecule has 0 aliphatic carbocycles. The molecule has 0 saturated carbocycles.